The molecule has 0 aliphatic carbocycles. The van der Waals surface area contributed by atoms with Gasteiger partial charge in [-0.1, -0.05) is 13.0 Å². The van der Waals surface area contributed by atoms with Crippen molar-refractivity contribution in [1.29, 1.82) is 0 Å². The molecule has 0 atom stereocenters. The zero-order chi connectivity index (χ0) is 12.7. The molecule has 1 N–H and O–H groups in total. The Morgan fingerprint density at radius 1 is 1.53 bits per heavy atom. The van der Waals surface area contributed by atoms with Crippen LogP contribution in [0.15, 0.2) is 12.3 Å². The standard InChI is InChI=1S/C13H23N3O/c1-5-8-14-9-6-7-11(2)13-12(17-4)10-15-16(13)3/h7,10,14H,5-6,8-9H2,1-4H3/b11-7-. The third-order valence-corrected chi connectivity index (χ3v) is 2.70. The van der Waals surface area contributed by atoms with Crippen molar-refractivity contribution in [2.75, 3.05) is 20.2 Å². The van der Waals surface area contributed by atoms with Gasteiger partial charge in [0.15, 0.2) is 5.75 Å². The van der Waals surface area contributed by atoms with E-state index in [4.69, 9.17) is 4.74 Å². The van der Waals surface area contributed by atoms with Crippen LogP contribution in [0, 0.1) is 0 Å². The minimum atomic E-state index is 0.836. The Morgan fingerprint density at radius 2 is 2.29 bits per heavy atom. The first-order valence-corrected chi connectivity index (χ1v) is 6.14. The van der Waals surface area contributed by atoms with E-state index in [1.807, 2.05) is 11.7 Å². The molecular weight excluding hydrogens is 214 g/mol. The predicted molar refractivity (Wildman–Crippen MR) is 71.2 cm³/mol. The maximum Gasteiger partial charge on any atom is 0.164 e. The molecule has 0 saturated carbocycles. The van der Waals surface area contributed by atoms with Crippen molar-refractivity contribution in [1.82, 2.24) is 15.1 Å². The van der Waals surface area contributed by atoms with Crippen molar-refractivity contribution < 1.29 is 4.74 Å². The zero-order valence-corrected chi connectivity index (χ0v) is 11.3. The number of rotatable bonds is 7. The molecule has 0 spiro atoms. The minimum Gasteiger partial charge on any atom is -0.493 e. The number of methoxy groups -OCH3 is 1. The highest BCUT2D eigenvalue weighted by atomic mass is 16.5. The highest BCUT2D eigenvalue weighted by Gasteiger charge is 2.09. The van der Waals surface area contributed by atoms with Crippen molar-refractivity contribution in [3.8, 4) is 5.75 Å². The van der Waals surface area contributed by atoms with Gasteiger partial charge >= 0.3 is 0 Å². The topological polar surface area (TPSA) is 39.1 Å². The van der Waals surface area contributed by atoms with E-state index in [0.717, 1.165) is 31.0 Å². The Labute approximate surface area is 104 Å². The smallest absolute Gasteiger partial charge is 0.164 e. The molecule has 1 aromatic heterocycles. The van der Waals surface area contributed by atoms with Crippen molar-refractivity contribution in [3.05, 3.63) is 18.0 Å². The number of hydrogen-bond donors (Lipinski definition) is 1. The molecular formula is C13H23N3O. The van der Waals surface area contributed by atoms with Gasteiger partial charge in [-0.2, -0.15) is 5.10 Å². The third kappa shape index (κ3) is 3.89. The quantitative estimate of drug-likeness (QED) is 0.739. The van der Waals surface area contributed by atoms with Gasteiger partial charge in [0, 0.05) is 7.05 Å². The van der Waals surface area contributed by atoms with Gasteiger partial charge in [-0.25, -0.2) is 0 Å². The van der Waals surface area contributed by atoms with E-state index >= 15 is 0 Å². The molecule has 0 aromatic carbocycles. The summed E-state index contributed by atoms with van der Waals surface area (Å²) in [6, 6.07) is 0. The van der Waals surface area contributed by atoms with Gasteiger partial charge < -0.3 is 10.1 Å². The maximum atomic E-state index is 5.29. The third-order valence-electron chi connectivity index (χ3n) is 2.70. The van der Waals surface area contributed by atoms with Gasteiger partial charge in [0.2, 0.25) is 0 Å². The maximum absolute atomic E-state index is 5.29. The normalized spacial score (nSPS) is 11.9. The lowest BCUT2D eigenvalue weighted by atomic mass is 10.1. The Balaban J connectivity index is 2.58. The second-order valence-corrected chi connectivity index (χ2v) is 4.11. The lowest BCUT2D eigenvalue weighted by molar-refractivity contribution is 0.413. The molecule has 4 heteroatoms. The van der Waals surface area contributed by atoms with Crippen molar-refractivity contribution in [2.45, 2.75) is 26.7 Å². The lowest BCUT2D eigenvalue weighted by Crippen LogP contribution is -2.15. The molecule has 0 fully saturated rings. The average molecular weight is 237 g/mol. The van der Waals surface area contributed by atoms with Crippen molar-refractivity contribution in [2.24, 2.45) is 7.05 Å². The molecule has 0 bridgehead atoms. The van der Waals surface area contributed by atoms with Crippen LogP contribution >= 0.6 is 0 Å². The molecule has 1 aromatic rings. The number of ether oxygens (including phenoxy) is 1. The summed E-state index contributed by atoms with van der Waals surface area (Å²) >= 11 is 0. The van der Waals surface area contributed by atoms with Crippen LogP contribution in [0.2, 0.25) is 0 Å². The monoisotopic (exact) mass is 237 g/mol. The fourth-order valence-corrected chi connectivity index (χ4v) is 1.81. The molecule has 0 aliphatic rings. The van der Waals surface area contributed by atoms with Crippen LogP contribution in [-0.2, 0) is 7.05 Å². The highest BCUT2D eigenvalue weighted by molar-refractivity contribution is 5.65. The second kappa shape index (κ2) is 7.12. The SMILES string of the molecule is CCCNCC/C=C(/C)c1c(OC)cnn1C. The number of allylic oxidation sites excluding steroid dienone is 1. The number of aryl methyl sites for hydroxylation is 1. The Hall–Kier alpha value is -1.29. The van der Waals surface area contributed by atoms with E-state index < -0.39 is 0 Å². The van der Waals surface area contributed by atoms with Gasteiger partial charge in [-0.3, -0.25) is 4.68 Å². The van der Waals surface area contributed by atoms with E-state index in [9.17, 15) is 0 Å². The first-order chi connectivity index (χ1) is 8.20. The molecule has 0 amide bonds. The summed E-state index contributed by atoms with van der Waals surface area (Å²) in [5, 5.41) is 7.58. The summed E-state index contributed by atoms with van der Waals surface area (Å²) in [7, 11) is 3.61. The summed E-state index contributed by atoms with van der Waals surface area (Å²) in [5.74, 6) is 0.836. The molecule has 0 aliphatic heterocycles. The van der Waals surface area contributed by atoms with E-state index in [-0.39, 0.29) is 0 Å². The van der Waals surface area contributed by atoms with E-state index in [1.165, 1.54) is 12.0 Å². The molecule has 96 valence electrons. The van der Waals surface area contributed by atoms with E-state index in [0.29, 0.717) is 0 Å². The first kappa shape index (κ1) is 13.8. The second-order valence-electron chi connectivity index (χ2n) is 4.11. The summed E-state index contributed by atoms with van der Waals surface area (Å²) in [4.78, 5) is 0. The fourth-order valence-electron chi connectivity index (χ4n) is 1.81. The summed E-state index contributed by atoms with van der Waals surface area (Å²) in [5.41, 5.74) is 2.27. The molecule has 1 heterocycles. The summed E-state index contributed by atoms with van der Waals surface area (Å²) in [6.45, 7) is 6.38. The van der Waals surface area contributed by atoms with Crippen LogP contribution in [-0.4, -0.2) is 30.0 Å². The summed E-state index contributed by atoms with van der Waals surface area (Å²) < 4.78 is 7.14. The molecule has 0 unspecified atom stereocenters. The Kier molecular flexibility index (Phi) is 5.77. The molecule has 1 rings (SSSR count). The van der Waals surface area contributed by atoms with Gasteiger partial charge in [0.05, 0.1) is 13.3 Å². The van der Waals surface area contributed by atoms with Crippen LogP contribution < -0.4 is 10.1 Å². The van der Waals surface area contributed by atoms with Crippen molar-refractivity contribution >= 4 is 5.57 Å². The Bertz CT molecular complexity index is 369. The number of hydrogen-bond acceptors (Lipinski definition) is 3. The van der Waals surface area contributed by atoms with Gasteiger partial charge in [0.25, 0.3) is 0 Å². The number of nitrogens with one attached hydrogen (secondary N) is 1. The van der Waals surface area contributed by atoms with E-state index in [2.05, 4.69) is 30.3 Å². The molecule has 0 saturated heterocycles. The predicted octanol–water partition coefficient (Wildman–Crippen LogP) is 2.22. The molecule has 0 radical (unpaired) electrons. The van der Waals surface area contributed by atoms with Gasteiger partial charge in [-0.05, 0) is 38.4 Å². The van der Waals surface area contributed by atoms with Gasteiger partial charge in [-0.15, -0.1) is 0 Å². The Morgan fingerprint density at radius 3 is 2.94 bits per heavy atom. The van der Waals surface area contributed by atoms with Crippen LogP contribution in [0.25, 0.3) is 5.57 Å². The van der Waals surface area contributed by atoms with Crippen LogP contribution in [0.4, 0.5) is 0 Å². The first-order valence-electron chi connectivity index (χ1n) is 6.14. The van der Waals surface area contributed by atoms with Crippen molar-refractivity contribution in [3.63, 3.8) is 0 Å². The number of nitrogens with zero attached hydrogens (tertiary/aromatic N) is 2. The zero-order valence-electron chi connectivity index (χ0n) is 11.3. The van der Waals surface area contributed by atoms with Crippen LogP contribution in [0.3, 0.4) is 0 Å². The van der Waals surface area contributed by atoms with Crippen LogP contribution in [0.5, 0.6) is 5.75 Å². The number of aromatic nitrogens is 2. The molecule has 4 nitrogen and oxygen atoms in total. The molecule has 17 heavy (non-hydrogen) atoms. The highest BCUT2D eigenvalue weighted by Crippen LogP contribution is 2.24. The van der Waals surface area contributed by atoms with Crippen LogP contribution in [0.1, 0.15) is 32.4 Å². The summed E-state index contributed by atoms with van der Waals surface area (Å²) in [6.07, 6.45) is 6.18. The van der Waals surface area contributed by atoms with Gasteiger partial charge in [0.1, 0.15) is 5.69 Å². The minimum absolute atomic E-state index is 0.836. The van der Waals surface area contributed by atoms with E-state index in [1.54, 1.807) is 13.3 Å². The fraction of sp³-hybridized carbons (Fsp3) is 0.615. The lowest BCUT2D eigenvalue weighted by Gasteiger charge is -2.06. The largest absolute Gasteiger partial charge is 0.493 e. The average Bonchev–Trinajstić information content (AvgIpc) is 2.70.